The van der Waals surface area contributed by atoms with Crippen LogP contribution in [0.5, 0.6) is 5.75 Å². The van der Waals surface area contributed by atoms with Crippen molar-refractivity contribution in [3.8, 4) is 5.75 Å². The first kappa shape index (κ1) is 14.9. The number of hydrogen-bond donors (Lipinski definition) is 0. The van der Waals surface area contributed by atoms with Gasteiger partial charge in [0.1, 0.15) is 11.5 Å². The van der Waals surface area contributed by atoms with Crippen molar-refractivity contribution in [2.24, 2.45) is 5.92 Å². The summed E-state index contributed by atoms with van der Waals surface area (Å²) in [5, 5.41) is 0. The summed E-state index contributed by atoms with van der Waals surface area (Å²) >= 11 is 0. The first-order valence-electron chi connectivity index (χ1n) is 7.75. The van der Waals surface area contributed by atoms with E-state index in [4.69, 9.17) is 4.74 Å². The summed E-state index contributed by atoms with van der Waals surface area (Å²) in [6, 6.07) is 8.22. The highest BCUT2D eigenvalue weighted by atomic mass is 16.5. The van der Waals surface area contributed by atoms with Crippen LogP contribution in [0.25, 0.3) is 0 Å². The third-order valence-corrected chi connectivity index (χ3v) is 4.11. The first-order valence-corrected chi connectivity index (χ1v) is 7.75. The van der Waals surface area contributed by atoms with Gasteiger partial charge in [-0.15, -0.1) is 0 Å². The zero-order chi connectivity index (χ0) is 14.4. The number of ketones is 1. The Morgan fingerprint density at radius 1 is 1.30 bits per heavy atom. The largest absolute Gasteiger partial charge is 0.493 e. The number of carbonyl (C=O) groups is 1. The molecule has 1 aliphatic rings. The van der Waals surface area contributed by atoms with Crippen LogP contribution in [0.2, 0.25) is 0 Å². The minimum absolute atomic E-state index is 0.237. The van der Waals surface area contributed by atoms with Gasteiger partial charge < -0.3 is 9.64 Å². The number of rotatable bonds is 7. The maximum absolute atomic E-state index is 11.6. The molecule has 0 heterocycles. The molecule has 0 spiro atoms. The van der Waals surface area contributed by atoms with Gasteiger partial charge in [-0.2, -0.15) is 0 Å². The van der Waals surface area contributed by atoms with E-state index in [0.717, 1.165) is 44.5 Å². The van der Waals surface area contributed by atoms with Crippen LogP contribution >= 0.6 is 0 Å². The van der Waals surface area contributed by atoms with Crippen molar-refractivity contribution in [1.82, 2.24) is 0 Å². The van der Waals surface area contributed by atoms with Gasteiger partial charge in [-0.25, -0.2) is 0 Å². The van der Waals surface area contributed by atoms with Crippen molar-refractivity contribution in [3.05, 3.63) is 24.3 Å². The van der Waals surface area contributed by atoms with Crippen LogP contribution in [0.4, 0.5) is 5.69 Å². The van der Waals surface area contributed by atoms with Gasteiger partial charge in [0, 0.05) is 37.2 Å². The van der Waals surface area contributed by atoms with E-state index in [1.165, 1.54) is 5.69 Å². The molecule has 1 unspecified atom stereocenters. The van der Waals surface area contributed by atoms with E-state index in [-0.39, 0.29) is 5.92 Å². The summed E-state index contributed by atoms with van der Waals surface area (Å²) in [7, 11) is 0. The van der Waals surface area contributed by atoms with Gasteiger partial charge in [-0.05, 0) is 45.2 Å². The molecule has 0 aliphatic heterocycles. The summed E-state index contributed by atoms with van der Waals surface area (Å²) in [4.78, 5) is 13.9. The zero-order valence-electron chi connectivity index (χ0n) is 12.6. The Morgan fingerprint density at radius 3 is 2.75 bits per heavy atom. The molecule has 0 bridgehead atoms. The minimum Gasteiger partial charge on any atom is -0.493 e. The number of Topliss-reactive ketones (excluding diaryl/α,β-unsaturated/α-hetero) is 1. The maximum Gasteiger partial charge on any atom is 0.136 e. The van der Waals surface area contributed by atoms with Crippen molar-refractivity contribution in [3.63, 3.8) is 0 Å². The lowest BCUT2D eigenvalue weighted by Gasteiger charge is -2.21. The normalized spacial score (nSPS) is 18.3. The average molecular weight is 275 g/mol. The molecule has 3 heteroatoms. The molecule has 3 nitrogen and oxygen atoms in total. The maximum atomic E-state index is 11.6. The van der Waals surface area contributed by atoms with Crippen molar-refractivity contribution in [2.75, 3.05) is 24.6 Å². The highest BCUT2D eigenvalue weighted by Crippen LogP contribution is 2.25. The van der Waals surface area contributed by atoms with Gasteiger partial charge in [0.15, 0.2) is 0 Å². The second kappa shape index (κ2) is 7.32. The topological polar surface area (TPSA) is 29.5 Å². The molecule has 1 saturated carbocycles. The first-order chi connectivity index (χ1) is 9.74. The molecule has 0 amide bonds. The zero-order valence-corrected chi connectivity index (χ0v) is 12.6. The van der Waals surface area contributed by atoms with E-state index in [0.29, 0.717) is 12.4 Å². The van der Waals surface area contributed by atoms with Crippen LogP contribution in [0, 0.1) is 5.92 Å². The van der Waals surface area contributed by atoms with Gasteiger partial charge in [0.05, 0.1) is 6.61 Å². The summed E-state index contributed by atoms with van der Waals surface area (Å²) in [6.45, 7) is 6.94. The van der Waals surface area contributed by atoms with E-state index in [2.05, 4.69) is 30.9 Å². The Hall–Kier alpha value is -1.51. The molecule has 110 valence electrons. The molecule has 1 aromatic carbocycles. The Kier molecular flexibility index (Phi) is 5.45. The Bertz CT molecular complexity index is 440. The predicted octanol–water partition coefficient (Wildman–Crippen LogP) is 3.67. The minimum atomic E-state index is 0.237. The Balaban J connectivity index is 1.86. The van der Waals surface area contributed by atoms with Gasteiger partial charge in [0.2, 0.25) is 0 Å². The second-order valence-corrected chi connectivity index (χ2v) is 5.36. The Morgan fingerprint density at radius 2 is 2.10 bits per heavy atom. The van der Waals surface area contributed by atoms with Crippen molar-refractivity contribution in [1.29, 1.82) is 0 Å². The van der Waals surface area contributed by atoms with E-state index in [1.54, 1.807) is 0 Å². The number of ether oxygens (including phenoxy) is 1. The van der Waals surface area contributed by atoms with E-state index in [9.17, 15) is 4.79 Å². The molecule has 2 rings (SSSR count). The predicted molar refractivity (Wildman–Crippen MR) is 82.5 cm³/mol. The van der Waals surface area contributed by atoms with Crippen LogP contribution in [-0.4, -0.2) is 25.5 Å². The molecular weight excluding hydrogens is 250 g/mol. The van der Waals surface area contributed by atoms with Crippen molar-refractivity contribution >= 4 is 11.5 Å². The molecule has 0 saturated heterocycles. The van der Waals surface area contributed by atoms with Crippen LogP contribution in [0.15, 0.2) is 24.3 Å². The second-order valence-electron chi connectivity index (χ2n) is 5.36. The Labute approximate surface area is 121 Å². The number of benzene rings is 1. The lowest BCUT2D eigenvalue weighted by molar-refractivity contribution is -0.121. The van der Waals surface area contributed by atoms with Crippen LogP contribution in [-0.2, 0) is 4.79 Å². The van der Waals surface area contributed by atoms with Gasteiger partial charge in [0.25, 0.3) is 0 Å². The molecule has 0 radical (unpaired) electrons. The monoisotopic (exact) mass is 275 g/mol. The molecule has 1 aliphatic carbocycles. The standard InChI is InChI=1S/C17H25NO2/c1-3-18(4-2)15-8-6-9-16(13-15)20-12-11-14-7-5-10-17(14)19/h6,8-9,13-14H,3-5,7,10-12H2,1-2H3. The lowest BCUT2D eigenvalue weighted by Crippen LogP contribution is -2.21. The van der Waals surface area contributed by atoms with E-state index < -0.39 is 0 Å². The third kappa shape index (κ3) is 3.75. The third-order valence-electron chi connectivity index (χ3n) is 4.11. The van der Waals surface area contributed by atoms with E-state index in [1.807, 2.05) is 12.1 Å². The summed E-state index contributed by atoms with van der Waals surface area (Å²) < 4.78 is 5.82. The summed E-state index contributed by atoms with van der Waals surface area (Å²) in [5.41, 5.74) is 1.20. The molecule has 1 aromatic rings. The smallest absolute Gasteiger partial charge is 0.136 e. The van der Waals surface area contributed by atoms with Crippen LogP contribution in [0.1, 0.15) is 39.5 Å². The van der Waals surface area contributed by atoms with E-state index >= 15 is 0 Å². The van der Waals surface area contributed by atoms with Gasteiger partial charge >= 0.3 is 0 Å². The molecule has 1 fully saturated rings. The average Bonchev–Trinajstić information content (AvgIpc) is 2.86. The highest BCUT2D eigenvalue weighted by Gasteiger charge is 2.23. The van der Waals surface area contributed by atoms with Gasteiger partial charge in [-0.3, -0.25) is 4.79 Å². The fraction of sp³-hybridized carbons (Fsp3) is 0.588. The fourth-order valence-electron chi connectivity index (χ4n) is 2.87. The molecule has 20 heavy (non-hydrogen) atoms. The van der Waals surface area contributed by atoms with Crippen molar-refractivity contribution < 1.29 is 9.53 Å². The highest BCUT2D eigenvalue weighted by molar-refractivity contribution is 5.82. The van der Waals surface area contributed by atoms with Crippen LogP contribution in [0.3, 0.4) is 0 Å². The molecule has 0 N–H and O–H groups in total. The fourth-order valence-corrected chi connectivity index (χ4v) is 2.87. The SMILES string of the molecule is CCN(CC)c1cccc(OCCC2CCCC2=O)c1. The molecule has 1 atom stereocenters. The number of nitrogens with zero attached hydrogens (tertiary/aromatic N) is 1. The number of carbonyl (C=O) groups excluding carboxylic acids is 1. The number of hydrogen-bond acceptors (Lipinski definition) is 3. The summed E-state index contributed by atoms with van der Waals surface area (Å²) in [5.74, 6) is 1.56. The number of anilines is 1. The molecule has 0 aromatic heterocycles. The quantitative estimate of drug-likeness (QED) is 0.760. The summed E-state index contributed by atoms with van der Waals surface area (Å²) in [6.07, 6.45) is 3.72. The van der Waals surface area contributed by atoms with Crippen LogP contribution < -0.4 is 9.64 Å². The lowest BCUT2D eigenvalue weighted by atomic mass is 10.0. The van der Waals surface area contributed by atoms with Gasteiger partial charge in [-0.1, -0.05) is 6.07 Å². The molecular formula is C17H25NO2. The van der Waals surface area contributed by atoms with Crippen molar-refractivity contribution in [2.45, 2.75) is 39.5 Å².